The van der Waals surface area contributed by atoms with Crippen LogP contribution in [0.4, 0.5) is 0 Å². The van der Waals surface area contributed by atoms with Gasteiger partial charge in [-0.3, -0.25) is 9.36 Å². The summed E-state index contributed by atoms with van der Waals surface area (Å²) in [6.45, 7) is 1.97. The van der Waals surface area contributed by atoms with Gasteiger partial charge in [-0.1, -0.05) is 0 Å². The maximum absolute atomic E-state index is 12.1. The Kier molecular flexibility index (Phi) is 2.89. The SMILES string of the molecule is CC(C1CC1)n1c(=O)ccc2cnc(S(C)(=O)=O)nc21. The van der Waals surface area contributed by atoms with Gasteiger partial charge in [-0.05, 0) is 31.7 Å². The number of sulfone groups is 1. The standard InChI is InChI=1S/C13H15N3O3S/c1-8(9-3-4-9)16-11(17)6-5-10-7-14-13(15-12(10)16)20(2,18)19/h5-9H,3-4H2,1-2H3. The average molecular weight is 293 g/mol. The van der Waals surface area contributed by atoms with Crippen LogP contribution in [-0.2, 0) is 9.84 Å². The second-order valence-electron chi connectivity index (χ2n) is 5.32. The predicted octanol–water partition coefficient (Wildman–Crippen LogP) is 1.17. The van der Waals surface area contributed by atoms with Gasteiger partial charge < -0.3 is 0 Å². The zero-order valence-electron chi connectivity index (χ0n) is 11.3. The number of hydrogen-bond donors (Lipinski definition) is 0. The molecule has 6 nitrogen and oxygen atoms in total. The van der Waals surface area contributed by atoms with E-state index in [1.807, 2.05) is 6.92 Å². The lowest BCUT2D eigenvalue weighted by atomic mass is 10.2. The van der Waals surface area contributed by atoms with E-state index in [0.29, 0.717) is 17.0 Å². The largest absolute Gasteiger partial charge is 0.289 e. The molecule has 7 heteroatoms. The minimum Gasteiger partial charge on any atom is -0.289 e. The van der Waals surface area contributed by atoms with E-state index in [0.717, 1.165) is 19.1 Å². The first-order valence-corrected chi connectivity index (χ1v) is 8.35. The fraction of sp³-hybridized carbons (Fsp3) is 0.462. The summed E-state index contributed by atoms with van der Waals surface area (Å²) in [7, 11) is -3.49. The molecule has 2 aromatic heterocycles. The summed E-state index contributed by atoms with van der Waals surface area (Å²) in [5.41, 5.74) is 0.238. The number of pyridine rings is 1. The quantitative estimate of drug-likeness (QED) is 0.793. The average Bonchev–Trinajstić information content (AvgIpc) is 3.20. The normalized spacial score (nSPS) is 17.3. The Morgan fingerprint density at radius 2 is 2.05 bits per heavy atom. The smallest absolute Gasteiger partial charge is 0.252 e. The van der Waals surface area contributed by atoms with Gasteiger partial charge in [-0.2, -0.15) is 4.98 Å². The van der Waals surface area contributed by atoms with Gasteiger partial charge in [0.15, 0.2) is 0 Å². The van der Waals surface area contributed by atoms with Crippen molar-refractivity contribution in [3.8, 4) is 0 Å². The van der Waals surface area contributed by atoms with E-state index in [1.54, 1.807) is 10.6 Å². The van der Waals surface area contributed by atoms with E-state index in [2.05, 4.69) is 9.97 Å². The van der Waals surface area contributed by atoms with Gasteiger partial charge in [0.25, 0.3) is 5.56 Å². The van der Waals surface area contributed by atoms with Crippen LogP contribution in [0.15, 0.2) is 28.3 Å². The molecule has 0 bridgehead atoms. The topological polar surface area (TPSA) is 81.9 Å². The molecule has 3 rings (SSSR count). The molecule has 0 aromatic carbocycles. The van der Waals surface area contributed by atoms with Crippen molar-refractivity contribution in [1.82, 2.24) is 14.5 Å². The van der Waals surface area contributed by atoms with Crippen LogP contribution in [0.5, 0.6) is 0 Å². The fourth-order valence-electron chi connectivity index (χ4n) is 2.38. The Labute approximate surface area is 116 Å². The van der Waals surface area contributed by atoms with E-state index < -0.39 is 9.84 Å². The molecule has 1 atom stereocenters. The molecule has 106 valence electrons. The first kappa shape index (κ1) is 13.2. The van der Waals surface area contributed by atoms with Gasteiger partial charge >= 0.3 is 0 Å². The highest BCUT2D eigenvalue weighted by molar-refractivity contribution is 7.90. The van der Waals surface area contributed by atoms with Crippen LogP contribution in [0.3, 0.4) is 0 Å². The molecule has 0 aliphatic heterocycles. The highest BCUT2D eigenvalue weighted by atomic mass is 32.2. The molecule has 0 saturated heterocycles. The van der Waals surface area contributed by atoms with Crippen LogP contribution in [0.25, 0.3) is 11.0 Å². The summed E-state index contributed by atoms with van der Waals surface area (Å²) < 4.78 is 24.7. The van der Waals surface area contributed by atoms with Crippen molar-refractivity contribution in [2.75, 3.05) is 6.26 Å². The predicted molar refractivity (Wildman–Crippen MR) is 74.3 cm³/mol. The summed E-state index contributed by atoms with van der Waals surface area (Å²) in [6, 6.07) is 3.12. The first-order chi connectivity index (χ1) is 9.38. The molecule has 1 saturated carbocycles. The summed E-state index contributed by atoms with van der Waals surface area (Å²) >= 11 is 0. The lowest BCUT2D eigenvalue weighted by Crippen LogP contribution is -2.25. The summed E-state index contributed by atoms with van der Waals surface area (Å²) in [5, 5.41) is 0.428. The summed E-state index contributed by atoms with van der Waals surface area (Å²) in [5.74, 6) is 0.468. The van der Waals surface area contributed by atoms with Crippen molar-refractivity contribution in [3.63, 3.8) is 0 Å². The highest BCUT2D eigenvalue weighted by Crippen LogP contribution is 2.39. The third-order valence-corrected chi connectivity index (χ3v) is 4.55. The molecule has 0 N–H and O–H groups in total. The van der Waals surface area contributed by atoms with Crippen LogP contribution < -0.4 is 5.56 Å². The van der Waals surface area contributed by atoms with Crippen LogP contribution in [0, 0.1) is 5.92 Å². The molecular weight excluding hydrogens is 278 g/mol. The van der Waals surface area contributed by atoms with E-state index in [9.17, 15) is 13.2 Å². The van der Waals surface area contributed by atoms with Gasteiger partial charge in [-0.15, -0.1) is 0 Å². The van der Waals surface area contributed by atoms with Gasteiger partial charge in [0.2, 0.25) is 15.0 Å². The van der Waals surface area contributed by atoms with Crippen LogP contribution >= 0.6 is 0 Å². The molecule has 1 aliphatic carbocycles. The van der Waals surface area contributed by atoms with Crippen molar-refractivity contribution in [2.24, 2.45) is 5.92 Å². The highest BCUT2D eigenvalue weighted by Gasteiger charge is 2.30. The molecular formula is C13H15N3O3S. The van der Waals surface area contributed by atoms with Crippen molar-refractivity contribution in [1.29, 1.82) is 0 Å². The van der Waals surface area contributed by atoms with E-state index >= 15 is 0 Å². The Morgan fingerprint density at radius 1 is 1.35 bits per heavy atom. The monoisotopic (exact) mass is 293 g/mol. The Hall–Kier alpha value is -1.76. The Bertz CT molecular complexity index is 838. The maximum Gasteiger partial charge on any atom is 0.252 e. The van der Waals surface area contributed by atoms with Crippen molar-refractivity contribution in [3.05, 3.63) is 28.7 Å². The van der Waals surface area contributed by atoms with E-state index in [4.69, 9.17) is 0 Å². The lowest BCUT2D eigenvalue weighted by Gasteiger charge is -2.16. The molecule has 0 spiro atoms. The molecule has 0 amide bonds. The maximum atomic E-state index is 12.1. The molecule has 1 fully saturated rings. The Morgan fingerprint density at radius 3 is 2.65 bits per heavy atom. The lowest BCUT2D eigenvalue weighted by molar-refractivity contribution is 0.482. The fourth-order valence-corrected chi connectivity index (χ4v) is 2.88. The van der Waals surface area contributed by atoms with Crippen molar-refractivity contribution >= 4 is 20.9 Å². The first-order valence-electron chi connectivity index (χ1n) is 6.46. The summed E-state index contributed by atoms with van der Waals surface area (Å²) in [6.07, 6.45) is 4.69. The second-order valence-corrected chi connectivity index (χ2v) is 7.23. The number of rotatable bonds is 3. The molecule has 2 heterocycles. The number of hydrogen-bond acceptors (Lipinski definition) is 5. The van der Waals surface area contributed by atoms with E-state index in [-0.39, 0.29) is 16.8 Å². The minimum atomic E-state index is -3.49. The third kappa shape index (κ3) is 2.22. The van der Waals surface area contributed by atoms with E-state index in [1.165, 1.54) is 12.3 Å². The number of aromatic nitrogens is 3. The van der Waals surface area contributed by atoms with Crippen molar-refractivity contribution < 1.29 is 8.42 Å². The van der Waals surface area contributed by atoms with Crippen LogP contribution in [-0.4, -0.2) is 29.2 Å². The number of fused-ring (bicyclic) bond motifs is 1. The molecule has 1 unspecified atom stereocenters. The Balaban J connectivity index is 2.30. The third-order valence-electron chi connectivity index (χ3n) is 3.69. The van der Waals surface area contributed by atoms with Gasteiger partial charge in [0.05, 0.1) is 0 Å². The zero-order valence-corrected chi connectivity index (χ0v) is 12.1. The molecule has 1 aliphatic rings. The minimum absolute atomic E-state index is 0.0218. The summed E-state index contributed by atoms with van der Waals surface area (Å²) in [4.78, 5) is 20.1. The second kappa shape index (κ2) is 4.37. The van der Waals surface area contributed by atoms with Crippen molar-refractivity contribution in [2.45, 2.75) is 31.0 Å². The van der Waals surface area contributed by atoms with Gasteiger partial charge in [-0.25, -0.2) is 13.4 Å². The van der Waals surface area contributed by atoms with Crippen LogP contribution in [0.2, 0.25) is 0 Å². The van der Waals surface area contributed by atoms with Gasteiger partial charge in [0, 0.05) is 29.9 Å². The van der Waals surface area contributed by atoms with Crippen LogP contribution in [0.1, 0.15) is 25.8 Å². The number of nitrogens with zero attached hydrogens (tertiary/aromatic N) is 3. The van der Waals surface area contributed by atoms with Gasteiger partial charge in [0.1, 0.15) is 5.65 Å². The zero-order chi connectivity index (χ0) is 14.5. The molecule has 20 heavy (non-hydrogen) atoms. The molecule has 2 aromatic rings. The molecule has 0 radical (unpaired) electrons.